The molecule has 3 aromatic rings. The van der Waals surface area contributed by atoms with Gasteiger partial charge in [-0.25, -0.2) is 9.97 Å². The van der Waals surface area contributed by atoms with Gasteiger partial charge in [0, 0.05) is 36.2 Å². The van der Waals surface area contributed by atoms with E-state index in [0.29, 0.717) is 22.5 Å². The minimum Gasteiger partial charge on any atom is -0.372 e. The van der Waals surface area contributed by atoms with Crippen LogP contribution < -0.4 is 10.2 Å². The van der Waals surface area contributed by atoms with Gasteiger partial charge in [0.1, 0.15) is 0 Å². The number of hydrogen-bond donors (Lipinski definition) is 1. The van der Waals surface area contributed by atoms with E-state index in [2.05, 4.69) is 34.0 Å². The third-order valence-electron chi connectivity index (χ3n) is 5.28. The van der Waals surface area contributed by atoms with Crippen LogP contribution in [0, 0.1) is 13.8 Å². The molecule has 0 aliphatic rings. The summed E-state index contributed by atoms with van der Waals surface area (Å²) in [6, 6.07) is 10.5. The van der Waals surface area contributed by atoms with Gasteiger partial charge in [-0.3, -0.25) is 4.79 Å². The van der Waals surface area contributed by atoms with Gasteiger partial charge in [-0.05, 0) is 63.6 Å². The fourth-order valence-electron chi connectivity index (χ4n) is 3.40. The van der Waals surface area contributed by atoms with E-state index in [9.17, 15) is 18.0 Å². The van der Waals surface area contributed by atoms with Crippen LogP contribution in [0.3, 0.4) is 0 Å². The number of nitrogens with one attached hydrogen (secondary N) is 1. The lowest BCUT2D eigenvalue weighted by atomic mass is 10.1. The zero-order valence-corrected chi connectivity index (χ0v) is 18.4. The van der Waals surface area contributed by atoms with Crippen LogP contribution in [-0.2, 0) is 6.18 Å². The topological polar surface area (TPSA) is 58.1 Å². The highest BCUT2D eigenvalue weighted by molar-refractivity contribution is 6.05. The second-order valence-corrected chi connectivity index (χ2v) is 7.39. The van der Waals surface area contributed by atoms with Crippen molar-refractivity contribution in [2.75, 3.05) is 23.3 Å². The fraction of sp³-hybridized carbons (Fsp3) is 0.292. The third-order valence-corrected chi connectivity index (χ3v) is 5.28. The van der Waals surface area contributed by atoms with E-state index in [-0.39, 0.29) is 11.7 Å². The van der Waals surface area contributed by atoms with E-state index in [1.807, 2.05) is 25.1 Å². The number of halogens is 3. The van der Waals surface area contributed by atoms with Crippen molar-refractivity contribution in [1.82, 2.24) is 9.97 Å². The first-order valence-corrected chi connectivity index (χ1v) is 10.3. The van der Waals surface area contributed by atoms with Gasteiger partial charge in [-0.1, -0.05) is 12.1 Å². The van der Waals surface area contributed by atoms with Crippen LogP contribution in [-0.4, -0.2) is 29.0 Å². The molecule has 0 radical (unpaired) electrons. The van der Waals surface area contributed by atoms with Gasteiger partial charge in [0.2, 0.25) is 0 Å². The molecule has 0 aliphatic heterocycles. The molecule has 0 saturated heterocycles. The standard InChI is InChI=1S/C24H25F3N4O/c1-5-31(6-2)19-11-12-21(15(3)13-19)30-23(32)20-14-28-22(29-16(20)4)17-7-9-18(10-8-17)24(25,26)27/h7-14H,5-6H2,1-4H3,(H,30,32). The second kappa shape index (κ2) is 9.38. The summed E-state index contributed by atoms with van der Waals surface area (Å²) >= 11 is 0. The zero-order valence-electron chi connectivity index (χ0n) is 18.4. The number of aryl methyl sites for hydroxylation is 2. The van der Waals surface area contributed by atoms with E-state index in [1.165, 1.54) is 18.3 Å². The molecular formula is C24H25F3N4O. The summed E-state index contributed by atoms with van der Waals surface area (Å²) in [4.78, 5) is 23.5. The van der Waals surface area contributed by atoms with Crippen LogP contribution in [0.15, 0.2) is 48.7 Å². The number of hydrogen-bond acceptors (Lipinski definition) is 4. The Hall–Kier alpha value is -3.42. The average Bonchev–Trinajstić information content (AvgIpc) is 2.75. The molecule has 2 aromatic carbocycles. The van der Waals surface area contributed by atoms with Crippen LogP contribution in [0.1, 0.15) is 41.0 Å². The Morgan fingerprint density at radius 3 is 2.22 bits per heavy atom. The Bertz CT molecular complexity index is 1110. The molecule has 0 spiro atoms. The van der Waals surface area contributed by atoms with Gasteiger partial charge < -0.3 is 10.2 Å². The van der Waals surface area contributed by atoms with Crippen molar-refractivity contribution in [1.29, 1.82) is 0 Å². The summed E-state index contributed by atoms with van der Waals surface area (Å²) in [5, 5.41) is 2.89. The van der Waals surface area contributed by atoms with Crippen molar-refractivity contribution < 1.29 is 18.0 Å². The SMILES string of the molecule is CCN(CC)c1ccc(NC(=O)c2cnc(-c3ccc(C(F)(F)F)cc3)nc2C)c(C)c1. The van der Waals surface area contributed by atoms with Crippen LogP contribution in [0.2, 0.25) is 0 Å². The Kier molecular flexibility index (Phi) is 6.81. The highest BCUT2D eigenvalue weighted by Crippen LogP contribution is 2.30. The number of amides is 1. The molecule has 1 heterocycles. The lowest BCUT2D eigenvalue weighted by molar-refractivity contribution is -0.137. The average molecular weight is 442 g/mol. The van der Waals surface area contributed by atoms with Gasteiger partial charge in [0.05, 0.1) is 16.8 Å². The maximum Gasteiger partial charge on any atom is 0.416 e. The molecule has 32 heavy (non-hydrogen) atoms. The number of alkyl halides is 3. The fourth-order valence-corrected chi connectivity index (χ4v) is 3.40. The molecule has 168 valence electrons. The van der Waals surface area contributed by atoms with Crippen molar-refractivity contribution in [3.63, 3.8) is 0 Å². The molecule has 0 atom stereocenters. The summed E-state index contributed by atoms with van der Waals surface area (Å²) in [6.45, 7) is 9.56. The molecule has 0 aliphatic carbocycles. The van der Waals surface area contributed by atoms with Crippen LogP contribution in [0.5, 0.6) is 0 Å². The predicted molar refractivity (Wildman–Crippen MR) is 120 cm³/mol. The van der Waals surface area contributed by atoms with Gasteiger partial charge >= 0.3 is 6.18 Å². The maximum atomic E-state index is 12.8. The second-order valence-electron chi connectivity index (χ2n) is 7.39. The van der Waals surface area contributed by atoms with Crippen molar-refractivity contribution in [2.24, 2.45) is 0 Å². The minimum absolute atomic E-state index is 0.257. The van der Waals surface area contributed by atoms with E-state index >= 15 is 0 Å². The first-order chi connectivity index (χ1) is 15.1. The van der Waals surface area contributed by atoms with E-state index < -0.39 is 11.7 Å². The molecule has 5 nitrogen and oxygen atoms in total. The van der Waals surface area contributed by atoms with E-state index in [1.54, 1.807) is 6.92 Å². The van der Waals surface area contributed by atoms with Crippen molar-refractivity contribution in [2.45, 2.75) is 33.9 Å². The molecule has 0 bridgehead atoms. The highest BCUT2D eigenvalue weighted by atomic mass is 19.4. The molecule has 0 unspecified atom stereocenters. The monoisotopic (exact) mass is 442 g/mol. The largest absolute Gasteiger partial charge is 0.416 e. The Balaban J connectivity index is 1.78. The number of anilines is 2. The lowest BCUT2D eigenvalue weighted by Gasteiger charge is -2.22. The smallest absolute Gasteiger partial charge is 0.372 e. The number of nitrogens with zero attached hydrogens (tertiary/aromatic N) is 3. The van der Waals surface area contributed by atoms with Gasteiger partial charge in [-0.15, -0.1) is 0 Å². The lowest BCUT2D eigenvalue weighted by Crippen LogP contribution is -2.22. The van der Waals surface area contributed by atoms with E-state index in [4.69, 9.17) is 0 Å². The highest BCUT2D eigenvalue weighted by Gasteiger charge is 2.30. The van der Waals surface area contributed by atoms with Crippen molar-refractivity contribution in [3.05, 3.63) is 71.0 Å². The van der Waals surface area contributed by atoms with Gasteiger partial charge in [0.15, 0.2) is 5.82 Å². The van der Waals surface area contributed by atoms with Crippen molar-refractivity contribution in [3.8, 4) is 11.4 Å². The Morgan fingerprint density at radius 1 is 1.03 bits per heavy atom. The maximum absolute atomic E-state index is 12.8. The first-order valence-electron chi connectivity index (χ1n) is 10.3. The van der Waals surface area contributed by atoms with E-state index in [0.717, 1.165) is 36.5 Å². The number of aromatic nitrogens is 2. The summed E-state index contributed by atoms with van der Waals surface area (Å²) in [7, 11) is 0. The van der Waals surface area contributed by atoms with Crippen molar-refractivity contribution >= 4 is 17.3 Å². The van der Waals surface area contributed by atoms with Gasteiger partial charge in [0.25, 0.3) is 5.91 Å². The van der Waals surface area contributed by atoms with Crippen LogP contribution >= 0.6 is 0 Å². The summed E-state index contributed by atoms with van der Waals surface area (Å²) in [5.41, 5.74) is 3.15. The predicted octanol–water partition coefficient (Wildman–Crippen LogP) is 5.88. The molecule has 3 rings (SSSR count). The molecule has 0 saturated carbocycles. The number of benzene rings is 2. The molecule has 8 heteroatoms. The minimum atomic E-state index is -4.40. The first kappa shape index (κ1) is 23.2. The number of carbonyl (C=O) groups is 1. The number of rotatable bonds is 6. The third kappa shape index (κ3) is 5.07. The molecular weight excluding hydrogens is 417 g/mol. The number of carbonyl (C=O) groups excluding carboxylic acids is 1. The Labute approximate surface area is 185 Å². The Morgan fingerprint density at radius 2 is 1.69 bits per heavy atom. The zero-order chi connectivity index (χ0) is 23.5. The normalized spacial score (nSPS) is 11.3. The molecule has 1 amide bonds. The molecule has 0 fully saturated rings. The summed E-state index contributed by atoms with van der Waals surface area (Å²) in [5.74, 6) is -0.0901. The van der Waals surface area contributed by atoms with Crippen LogP contribution in [0.25, 0.3) is 11.4 Å². The van der Waals surface area contributed by atoms with Crippen LogP contribution in [0.4, 0.5) is 24.5 Å². The summed E-state index contributed by atoms with van der Waals surface area (Å²) < 4.78 is 38.3. The summed E-state index contributed by atoms with van der Waals surface area (Å²) in [6.07, 6.45) is -3.01. The molecule has 1 aromatic heterocycles. The van der Waals surface area contributed by atoms with Gasteiger partial charge in [-0.2, -0.15) is 13.2 Å². The molecule has 1 N–H and O–H groups in total. The quantitative estimate of drug-likeness (QED) is 0.518.